The van der Waals surface area contributed by atoms with Crippen molar-refractivity contribution in [2.24, 2.45) is 5.92 Å². The molecule has 2 fully saturated rings. The Bertz CT molecular complexity index is 238. The molecule has 0 aliphatic carbocycles. The largest absolute Gasteiger partial charge is 0.316 e. The van der Waals surface area contributed by atoms with E-state index in [1.165, 1.54) is 77.8 Å². The molecular formula is C16H33N3. The van der Waals surface area contributed by atoms with Gasteiger partial charge in [0.15, 0.2) is 0 Å². The van der Waals surface area contributed by atoms with E-state index < -0.39 is 0 Å². The number of hydrogen-bond donors (Lipinski definition) is 1. The number of hydrogen-bond acceptors (Lipinski definition) is 3. The van der Waals surface area contributed by atoms with E-state index in [0.29, 0.717) is 0 Å². The van der Waals surface area contributed by atoms with Crippen molar-refractivity contribution in [3.8, 4) is 0 Å². The van der Waals surface area contributed by atoms with Crippen LogP contribution in [0.2, 0.25) is 0 Å². The van der Waals surface area contributed by atoms with E-state index in [1.807, 2.05) is 0 Å². The van der Waals surface area contributed by atoms with Gasteiger partial charge in [-0.05, 0) is 77.8 Å². The SMILES string of the molecule is CCN(CCC1CCCCN1C)CC1CCCNC1. The highest BCUT2D eigenvalue weighted by Crippen LogP contribution is 2.19. The third-order valence-corrected chi connectivity index (χ3v) is 5.06. The molecule has 0 aromatic carbocycles. The van der Waals surface area contributed by atoms with Crippen molar-refractivity contribution in [3.63, 3.8) is 0 Å². The Morgan fingerprint density at radius 2 is 2.11 bits per heavy atom. The highest BCUT2D eigenvalue weighted by Gasteiger charge is 2.21. The lowest BCUT2D eigenvalue weighted by atomic mass is 9.97. The number of nitrogens with one attached hydrogen (secondary N) is 1. The van der Waals surface area contributed by atoms with Crippen LogP contribution in [0, 0.1) is 5.92 Å². The van der Waals surface area contributed by atoms with Crippen LogP contribution >= 0.6 is 0 Å². The minimum atomic E-state index is 0.840. The Hall–Kier alpha value is -0.120. The fourth-order valence-corrected chi connectivity index (χ4v) is 3.66. The lowest BCUT2D eigenvalue weighted by Crippen LogP contribution is -2.42. The van der Waals surface area contributed by atoms with Gasteiger partial charge in [-0.2, -0.15) is 0 Å². The van der Waals surface area contributed by atoms with Gasteiger partial charge in [0.1, 0.15) is 0 Å². The number of likely N-dealkylation sites (tertiary alicyclic amines) is 1. The fourth-order valence-electron chi connectivity index (χ4n) is 3.66. The second-order valence-corrected chi connectivity index (χ2v) is 6.52. The second kappa shape index (κ2) is 8.23. The highest BCUT2D eigenvalue weighted by molar-refractivity contribution is 4.77. The molecule has 0 aromatic heterocycles. The molecule has 1 N–H and O–H groups in total. The zero-order chi connectivity index (χ0) is 13.5. The molecule has 2 unspecified atom stereocenters. The van der Waals surface area contributed by atoms with Gasteiger partial charge in [0.05, 0.1) is 0 Å². The van der Waals surface area contributed by atoms with Crippen molar-refractivity contribution >= 4 is 0 Å². The maximum Gasteiger partial charge on any atom is 0.0104 e. The number of rotatable bonds is 6. The van der Waals surface area contributed by atoms with Crippen molar-refractivity contribution in [1.29, 1.82) is 0 Å². The molecule has 2 aliphatic rings. The van der Waals surface area contributed by atoms with Gasteiger partial charge in [-0.15, -0.1) is 0 Å². The van der Waals surface area contributed by atoms with Crippen LogP contribution in [-0.2, 0) is 0 Å². The third kappa shape index (κ3) is 5.05. The summed E-state index contributed by atoms with van der Waals surface area (Å²) in [5.74, 6) is 0.887. The van der Waals surface area contributed by atoms with Crippen molar-refractivity contribution in [3.05, 3.63) is 0 Å². The first kappa shape index (κ1) is 15.3. The summed E-state index contributed by atoms with van der Waals surface area (Å²) in [6.45, 7) is 9.91. The van der Waals surface area contributed by atoms with E-state index in [4.69, 9.17) is 0 Å². The van der Waals surface area contributed by atoms with Gasteiger partial charge in [0.25, 0.3) is 0 Å². The van der Waals surface area contributed by atoms with Gasteiger partial charge in [0.2, 0.25) is 0 Å². The normalized spacial score (nSPS) is 29.8. The third-order valence-electron chi connectivity index (χ3n) is 5.06. The molecule has 2 saturated heterocycles. The zero-order valence-corrected chi connectivity index (χ0v) is 13.0. The molecule has 0 aromatic rings. The van der Waals surface area contributed by atoms with Gasteiger partial charge in [0, 0.05) is 12.6 Å². The molecule has 3 heteroatoms. The van der Waals surface area contributed by atoms with Crippen molar-refractivity contribution in [1.82, 2.24) is 15.1 Å². The van der Waals surface area contributed by atoms with Gasteiger partial charge in [-0.3, -0.25) is 0 Å². The second-order valence-electron chi connectivity index (χ2n) is 6.52. The predicted octanol–water partition coefficient (Wildman–Crippen LogP) is 2.18. The van der Waals surface area contributed by atoms with Crippen molar-refractivity contribution < 1.29 is 0 Å². The first-order chi connectivity index (χ1) is 9.29. The summed E-state index contributed by atoms with van der Waals surface area (Å²) in [7, 11) is 2.31. The van der Waals surface area contributed by atoms with Gasteiger partial charge in [-0.1, -0.05) is 13.3 Å². The smallest absolute Gasteiger partial charge is 0.0104 e. The van der Waals surface area contributed by atoms with Crippen LogP contribution in [-0.4, -0.2) is 62.2 Å². The Morgan fingerprint density at radius 1 is 1.21 bits per heavy atom. The standard InChI is InChI=1S/C16H33N3/c1-3-19(14-15-7-6-10-17-13-15)12-9-16-8-4-5-11-18(16)2/h15-17H,3-14H2,1-2H3. The summed E-state index contributed by atoms with van der Waals surface area (Å²) in [6.07, 6.45) is 8.41. The Balaban J connectivity index is 1.69. The molecule has 0 amide bonds. The van der Waals surface area contributed by atoms with Crippen molar-refractivity contribution in [2.45, 2.75) is 51.5 Å². The van der Waals surface area contributed by atoms with E-state index >= 15 is 0 Å². The molecule has 19 heavy (non-hydrogen) atoms. The Kier molecular flexibility index (Phi) is 6.62. The lowest BCUT2D eigenvalue weighted by molar-refractivity contribution is 0.145. The summed E-state index contributed by atoms with van der Waals surface area (Å²) < 4.78 is 0. The monoisotopic (exact) mass is 267 g/mol. The quantitative estimate of drug-likeness (QED) is 0.796. The molecule has 112 valence electrons. The van der Waals surface area contributed by atoms with Crippen LogP contribution in [0.3, 0.4) is 0 Å². The summed E-state index contributed by atoms with van der Waals surface area (Å²) in [5, 5.41) is 3.54. The molecule has 2 heterocycles. The molecule has 2 atom stereocenters. The summed E-state index contributed by atoms with van der Waals surface area (Å²) in [5.41, 5.74) is 0. The molecule has 0 radical (unpaired) electrons. The maximum absolute atomic E-state index is 3.54. The van der Waals surface area contributed by atoms with Crippen LogP contribution in [0.25, 0.3) is 0 Å². The van der Waals surface area contributed by atoms with E-state index in [0.717, 1.165) is 12.0 Å². The minimum Gasteiger partial charge on any atom is -0.316 e. The molecule has 2 aliphatic heterocycles. The topological polar surface area (TPSA) is 18.5 Å². The van der Waals surface area contributed by atoms with Gasteiger partial charge < -0.3 is 15.1 Å². The zero-order valence-electron chi connectivity index (χ0n) is 13.0. The predicted molar refractivity (Wildman–Crippen MR) is 82.6 cm³/mol. The van der Waals surface area contributed by atoms with E-state index in [-0.39, 0.29) is 0 Å². The van der Waals surface area contributed by atoms with Crippen LogP contribution in [0.15, 0.2) is 0 Å². The summed E-state index contributed by atoms with van der Waals surface area (Å²) >= 11 is 0. The van der Waals surface area contributed by atoms with Crippen LogP contribution < -0.4 is 5.32 Å². The molecule has 0 bridgehead atoms. The molecular weight excluding hydrogens is 234 g/mol. The molecule has 3 nitrogen and oxygen atoms in total. The van der Waals surface area contributed by atoms with E-state index in [2.05, 4.69) is 29.1 Å². The summed E-state index contributed by atoms with van der Waals surface area (Å²) in [6, 6.07) is 0.840. The average molecular weight is 267 g/mol. The summed E-state index contributed by atoms with van der Waals surface area (Å²) in [4.78, 5) is 5.26. The van der Waals surface area contributed by atoms with Gasteiger partial charge >= 0.3 is 0 Å². The van der Waals surface area contributed by atoms with Gasteiger partial charge in [-0.25, -0.2) is 0 Å². The maximum atomic E-state index is 3.54. The Morgan fingerprint density at radius 3 is 2.79 bits per heavy atom. The molecule has 0 spiro atoms. The number of piperidine rings is 2. The van der Waals surface area contributed by atoms with E-state index in [9.17, 15) is 0 Å². The first-order valence-electron chi connectivity index (χ1n) is 8.43. The number of nitrogens with zero attached hydrogens (tertiary/aromatic N) is 2. The minimum absolute atomic E-state index is 0.840. The highest BCUT2D eigenvalue weighted by atomic mass is 15.2. The van der Waals surface area contributed by atoms with E-state index in [1.54, 1.807) is 0 Å². The lowest BCUT2D eigenvalue weighted by Gasteiger charge is -2.35. The molecule has 2 rings (SSSR count). The molecule has 0 saturated carbocycles. The van der Waals surface area contributed by atoms with Crippen molar-refractivity contribution in [2.75, 3.05) is 46.3 Å². The first-order valence-corrected chi connectivity index (χ1v) is 8.43. The van der Waals surface area contributed by atoms with Crippen LogP contribution in [0.5, 0.6) is 0 Å². The van der Waals surface area contributed by atoms with Crippen LogP contribution in [0.4, 0.5) is 0 Å². The average Bonchev–Trinajstić information content (AvgIpc) is 2.46. The van der Waals surface area contributed by atoms with Crippen LogP contribution in [0.1, 0.15) is 45.4 Å². The Labute approximate surface area is 119 Å². The fraction of sp³-hybridized carbons (Fsp3) is 1.00.